The molecule has 3 heterocycles. The summed E-state index contributed by atoms with van der Waals surface area (Å²) in [6, 6.07) is 0.518. The molecule has 0 aromatic carbocycles. The lowest BCUT2D eigenvalue weighted by Crippen LogP contribution is -2.37. The summed E-state index contributed by atoms with van der Waals surface area (Å²) in [6.45, 7) is 8.88. The van der Waals surface area contributed by atoms with Crippen molar-refractivity contribution in [1.29, 1.82) is 0 Å². The van der Waals surface area contributed by atoms with Crippen LogP contribution in [-0.2, 0) is 6.54 Å². The molecule has 21 heavy (non-hydrogen) atoms. The highest BCUT2D eigenvalue weighted by atomic mass is 15.2. The predicted molar refractivity (Wildman–Crippen MR) is 84.1 cm³/mol. The maximum atomic E-state index is 4.57. The number of rotatable bonds is 5. The van der Waals surface area contributed by atoms with E-state index in [9.17, 15) is 0 Å². The van der Waals surface area contributed by atoms with Gasteiger partial charge in [-0.25, -0.2) is 9.97 Å². The van der Waals surface area contributed by atoms with Gasteiger partial charge in [0.2, 0.25) is 0 Å². The Morgan fingerprint density at radius 3 is 2.76 bits per heavy atom. The molecule has 0 saturated carbocycles. The summed E-state index contributed by atoms with van der Waals surface area (Å²) in [5.41, 5.74) is 0. The third-order valence-electron chi connectivity index (χ3n) is 4.34. The largest absolute Gasteiger partial charge is 0.329 e. The minimum absolute atomic E-state index is 0.518. The third-order valence-corrected chi connectivity index (χ3v) is 4.34. The maximum Gasteiger partial charge on any atom is 0.176 e. The first kappa shape index (κ1) is 14.3. The number of aryl methyl sites for hydroxylation is 1. The highest BCUT2D eigenvalue weighted by Gasteiger charge is 2.23. The van der Waals surface area contributed by atoms with Gasteiger partial charge >= 0.3 is 0 Å². The van der Waals surface area contributed by atoms with Gasteiger partial charge in [-0.2, -0.15) is 0 Å². The van der Waals surface area contributed by atoms with Crippen LogP contribution in [0, 0.1) is 0 Å². The molecule has 114 valence electrons. The van der Waals surface area contributed by atoms with Gasteiger partial charge in [0.25, 0.3) is 0 Å². The fraction of sp³-hybridized carbons (Fsp3) is 0.625. The Hall–Kier alpha value is -1.62. The van der Waals surface area contributed by atoms with Gasteiger partial charge in [-0.15, -0.1) is 0 Å². The van der Waals surface area contributed by atoms with Gasteiger partial charge in [0.05, 0.1) is 0 Å². The molecule has 5 nitrogen and oxygen atoms in total. The van der Waals surface area contributed by atoms with Crippen LogP contribution in [0.15, 0.2) is 24.8 Å². The van der Waals surface area contributed by atoms with Crippen molar-refractivity contribution in [2.75, 3.05) is 19.6 Å². The number of imidazole rings is 2. The lowest BCUT2D eigenvalue weighted by Gasteiger charge is -2.33. The summed E-state index contributed by atoms with van der Waals surface area (Å²) < 4.78 is 4.49. The van der Waals surface area contributed by atoms with Crippen LogP contribution in [0.1, 0.15) is 39.2 Å². The Bertz CT molecular complexity index is 569. The van der Waals surface area contributed by atoms with Gasteiger partial charge < -0.3 is 14.0 Å². The molecule has 1 unspecified atom stereocenters. The molecule has 5 heteroatoms. The molecule has 2 aromatic heterocycles. The molecule has 2 aromatic rings. The molecule has 0 bridgehead atoms. The summed E-state index contributed by atoms with van der Waals surface area (Å²) in [7, 11) is 0. The number of aromatic nitrogens is 4. The molecule has 1 saturated heterocycles. The Balaban J connectivity index is 1.85. The summed E-state index contributed by atoms with van der Waals surface area (Å²) in [6.07, 6.45) is 11.6. The topological polar surface area (TPSA) is 38.9 Å². The average molecular weight is 287 g/mol. The lowest BCUT2D eigenvalue weighted by molar-refractivity contribution is 0.178. The van der Waals surface area contributed by atoms with E-state index in [0.717, 1.165) is 24.7 Å². The maximum absolute atomic E-state index is 4.57. The van der Waals surface area contributed by atoms with E-state index < -0.39 is 0 Å². The van der Waals surface area contributed by atoms with Gasteiger partial charge in [0.15, 0.2) is 11.6 Å². The van der Waals surface area contributed by atoms with Crippen molar-refractivity contribution in [2.45, 2.75) is 45.7 Å². The van der Waals surface area contributed by atoms with Gasteiger partial charge in [0.1, 0.15) is 0 Å². The first-order valence-corrected chi connectivity index (χ1v) is 8.10. The normalized spacial score (nSPS) is 20.0. The highest BCUT2D eigenvalue weighted by Crippen LogP contribution is 2.26. The first-order chi connectivity index (χ1) is 10.3. The van der Waals surface area contributed by atoms with Crippen LogP contribution < -0.4 is 0 Å². The second-order valence-electron chi connectivity index (χ2n) is 5.79. The zero-order valence-corrected chi connectivity index (χ0v) is 13.1. The van der Waals surface area contributed by atoms with Crippen LogP contribution in [0.2, 0.25) is 0 Å². The minimum Gasteiger partial charge on any atom is -0.329 e. The smallest absolute Gasteiger partial charge is 0.176 e. The molecular weight excluding hydrogens is 262 g/mol. The molecule has 0 aliphatic carbocycles. The molecule has 1 aliphatic heterocycles. The van der Waals surface area contributed by atoms with Crippen LogP contribution in [-0.4, -0.2) is 43.6 Å². The average Bonchev–Trinajstić information content (AvgIpc) is 3.16. The van der Waals surface area contributed by atoms with Crippen LogP contribution >= 0.6 is 0 Å². The molecule has 1 atom stereocenters. The zero-order valence-electron chi connectivity index (χ0n) is 13.1. The molecular formula is C16H25N5. The van der Waals surface area contributed by atoms with E-state index in [2.05, 4.69) is 44.0 Å². The lowest BCUT2D eigenvalue weighted by atomic mass is 10.1. The van der Waals surface area contributed by atoms with E-state index in [1.54, 1.807) is 0 Å². The number of hydrogen-bond donors (Lipinski definition) is 0. The van der Waals surface area contributed by atoms with Crippen molar-refractivity contribution in [3.63, 3.8) is 0 Å². The van der Waals surface area contributed by atoms with Gasteiger partial charge in [-0.05, 0) is 39.3 Å². The SMILES string of the molecule is CCCN1CCCC(n2ccnc2-c2nccn2CC)C1. The summed E-state index contributed by atoms with van der Waals surface area (Å²) in [5, 5.41) is 0. The van der Waals surface area contributed by atoms with Crippen LogP contribution in [0.5, 0.6) is 0 Å². The molecule has 0 radical (unpaired) electrons. The van der Waals surface area contributed by atoms with E-state index in [4.69, 9.17) is 0 Å². The second kappa shape index (κ2) is 6.43. The molecule has 0 N–H and O–H groups in total. The van der Waals surface area contributed by atoms with Crippen LogP contribution in [0.4, 0.5) is 0 Å². The Kier molecular flexibility index (Phi) is 4.39. The Morgan fingerprint density at radius 1 is 1.14 bits per heavy atom. The summed E-state index contributed by atoms with van der Waals surface area (Å²) >= 11 is 0. The van der Waals surface area contributed by atoms with Crippen LogP contribution in [0.3, 0.4) is 0 Å². The molecule has 1 fully saturated rings. The molecule has 3 rings (SSSR count). The number of nitrogens with zero attached hydrogens (tertiary/aromatic N) is 5. The zero-order chi connectivity index (χ0) is 14.7. The van der Waals surface area contributed by atoms with E-state index >= 15 is 0 Å². The van der Waals surface area contributed by atoms with Crippen molar-refractivity contribution >= 4 is 0 Å². The standard InChI is InChI=1S/C16H25N5/c1-3-9-19-10-5-6-14(13-19)21-12-8-18-16(21)15-17-7-11-20(15)4-2/h7-8,11-12,14H,3-6,9-10,13H2,1-2H3. The van der Waals surface area contributed by atoms with Crippen molar-refractivity contribution in [3.8, 4) is 11.6 Å². The monoisotopic (exact) mass is 287 g/mol. The molecule has 0 amide bonds. The number of hydrogen-bond acceptors (Lipinski definition) is 3. The molecule has 0 spiro atoms. The van der Waals surface area contributed by atoms with E-state index in [1.807, 2.05) is 18.6 Å². The molecule has 1 aliphatic rings. The summed E-state index contributed by atoms with van der Waals surface area (Å²) in [5.74, 6) is 1.99. The van der Waals surface area contributed by atoms with E-state index in [1.165, 1.54) is 32.4 Å². The van der Waals surface area contributed by atoms with Gasteiger partial charge in [-0.3, -0.25) is 0 Å². The van der Waals surface area contributed by atoms with Crippen molar-refractivity contribution in [3.05, 3.63) is 24.8 Å². The second-order valence-corrected chi connectivity index (χ2v) is 5.79. The Morgan fingerprint density at radius 2 is 1.95 bits per heavy atom. The third kappa shape index (κ3) is 2.88. The van der Waals surface area contributed by atoms with Gasteiger partial charge in [0, 0.05) is 43.9 Å². The summed E-state index contributed by atoms with van der Waals surface area (Å²) in [4.78, 5) is 11.7. The van der Waals surface area contributed by atoms with Crippen molar-refractivity contribution in [2.24, 2.45) is 0 Å². The quantitative estimate of drug-likeness (QED) is 0.849. The van der Waals surface area contributed by atoms with Gasteiger partial charge in [-0.1, -0.05) is 6.92 Å². The fourth-order valence-electron chi connectivity index (χ4n) is 3.33. The first-order valence-electron chi connectivity index (χ1n) is 8.10. The minimum atomic E-state index is 0.518. The van der Waals surface area contributed by atoms with E-state index in [-0.39, 0.29) is 0 Å². The van der Waals surface area contributed by atoms with Crippen LogP contribution in [0.25, 0.3) is 11.6 Å². The highest BCUT2D eigenvalue weighted by molar-refractivity contribution is 5.45. The predicted octanol–water partition coefficient (Wildman–Crippen LogP) is 2.81. The van der Waals surface area contributed by atoms with E-state index in [0.29, 0.717) is 6.04 Å². The number of likely N-dealkylation sites (tertiary alicyclic amines) is 1. The number of piperidine rings is 1. The van der Waals surface area contributed by atoms with Crippen molar-refractivity contribution < 1.29 is 0 Å². The fourth-order valence-corrected chi connectivity index (χ4v) is 3.33. The Labute approximate surface area is 126 Å². The van der Waals surface area contributed by atoms with Crippen molar-refractivity contribution in [1.82, 2.24) is 24.0 Å².